The van der Waals surface area contributed by atoms with Gasteiger partial charge in [-0.25, -0.2) is 9.86 Å². The minimum absolute atomic E-state index is 0.0132. The van der Waals surface area contributed by atoms with E-state index in [2.05, 4.69) is 4.90 Å². The third-order valence-electron chi connectivity index (χ3n) is 10.7. The lowest BCUT2D eigenvalue weighted by atomic mass is 9.78. The van der Waals surface area contributed by atoms with E-state index in [0.717, 1.165) is 33.3 Å². The molecule has 18 heteroatoms. The standard InChI is InChI=1S/C42H53N5O11S2/c1-41(2)32-26-29(40(51)44(5)57-6)28-45(23-15-25-59(52)53)39(32)43-34(41)16-11-8-7-9-12-17-35-42(3,4)31-27-30(60(54,55)56)19-20-33(31)46(35)24-14-10-13-18-38(50)58-47-36(48)21-22-37(47)49/h7-9,11-12,16-17,19-22,26-28,39,48-49H,10,13-15,18,23-25H2,1-6H3,(H,52,53)(H,54,55,56)/p-1. The van der Waals surface area contributed by atoms with Crippen molar-refractivity contribution in [2.45, 2.75) is 76.3 Å². The van der Waals surface area contributed by atoms with Gasteiger partial charge in [0.25, 0.3) is 16.0 Å². The highest BCUT2D eigenvalue weighted by Crippen LogP contribution is 2.49. The number of likely N-dealkylation sites (N-methyl/N-ethyl adjacent to an activating group) is 1. The molecule has 3 aliphatic heterocycles. The summed E-state index contributed by atoms with van der Waals surface area (Å²) in [5.41, 5.74) is 3.36. The molecule has 324 valence electrons. The van der Waals surface area contributed by atoms with Gasteiger partial charge < -0.3 is 29.4 Å². The lowest BCUT2D eigenvalue weighted by molar-refractivity contribution is -0.163. The molecule has 2 unspecified atom stereocenters. The first-order valence-corrected chi connectivity index (χ1v) is 22.0. The van der Waals surface area contributed by atoms with Gasteiger partial charge in [0.05, 0.1) is 17.6 Å². The maximum Gasteiger partial charge on any atom is 0.333 e. The molecule has 0 fully saturated rings. The van der Waals surface area contributed by atoms with Crippen LogP contribution in [0, 0.1) is 5.41 Å². The van der Waals surface area contributed by atoms with E-state index in [1.165, 1.54) is 38.4 Å². The van der Waals surface area contributed by atoms with E-state index >= 15 is 0 Å². The van der Waals surface area contributed by atoms with Crippen LogP contribution in [0.1, 0.15) is 65.4 Å². The number of hydrogen-bond acceptors (Lipinski definition) is 13. The Balaban J connectivity index is 1.28. The largest absolute Gasteiger partial charge is 0.772 e. The number of anilines is 1. The van der Waals surface area contributed by atoms with E-state index in [0.29, 0.717) is 49.1 Å². The molecule has 2 atom stereocenters. The minimum Gasteiger partial charge on any atom is -0.772 e. The maximum atomic E-state index is 13.1. The summed E-state index contributed by atoms with van der Waals surface area (Å²) in [4.78, 5) is 44.3. The Morgan fingerprint density at radius 3 is 2.32 bits per heavy atom. The van der Waals surface area contributed by atoms with Crippen molar-refractivity contribution in [3.63, 3.8) is 0 Å². The molecular weight excluding hydrogens is 815 g/mol. The van der Waals surface area contributed by atoms with Gasteiger partial charge in [0.2, 0.25) is 11.8 Å². The quantitative estimate of drug-likeness (QED) is 0.0576. The first kappa shape index (κ1) is 45.8. The van der Waals surface area contributed by atoms with Gasteiger partial charge in [0.1, 0.15) is 6.17 Å². The van der Waals surface area contributed by atoms with E-state index in [1.807, 2.05) is 81.2 Å². The number of rotatable bonds is 18. The molecule has 16 nitrogen and oxygen atoms in total. The van der Waals surface area contributed by atoms with Crippen LogP contribution in [0.15, 0.2) is 112 Å². The van der Waals surface area contributed by atoms with E-state index in [1.54, 1.807) is 12.3 Å². The zero-order chi connectivity index (χ0) is 44.0. The fourth-order valence-corrected chi connectivity index (χ4v) is 8.25. The fourth-order valence-electron chi connectivity index (χ4n) is 7.38. The third-order valence-corrected chi connectivity index (χ3v) is 12.2. The number of hydroxylamine groups is 2. The molecule has 5 rings (SSSR count). The van der Waals surface area contributed by atoms with Crippen LogP contribution in [0.25, 0.3) is 0 Å². The van der Waals surface area contributed by atoms with Gasteiger partial charge in [-0.2, -0.15) is 8.42 Å². The molecule has 3 aliphatic rings. The first-order valence-electron chi connectivity index (χ1n) is 19.4. The lowest BCUT2D eigenvalue weighted by Crippen LogP contribution is -2.38. The summed E-state index contributed by atoms with van der Waals surface area (Å²) in [5.74, 6) is -1.76. The number of allylic oxidation sites excluding steroid dienone is 8. The first-order chi connectivity index (χ1) is 28.3. The normalized spacial score (nSPS) is 19.5. The predicted octanol–water partition coefficient (Wildman–Crippen LogP) is 5.23. The van der Waals surface area contributed by atoms with Gasteiger partial charge in [-0.1, -0.05) is 75.6 Å². The van der Waals surface area contributed by atoms with Gasteiger partial charge >= 0.3 is 5.97 Å². The van der Waals surface area contributed by atoms with Crippen molar-refractivity contribution in [3.05, 3.63) is 108 Å². The Labute approximate surface area is 353 Å². The Hall–Kier alpha value is -5.27. The summed E-state index contributed by atoms with van der Waals surface area (Å²) in [5, 5.41) is 20.6. The number of unbranched alkanes of at least 4 members (excludes halogenated alkanes) is 2. The second-order valence-electron chi connectivity index (χ2n) is 15.5. The number of benzene rings is 1. The van der Waals surface area contributed by atoms with Crippen LogP contribution < -0.4 is 9.74 Å². The van der Waals surface area contributed by atoms with Gasteiger partial charge in [-0.15, -0.1) is 4.73 Å². The second kappa shape index (κ2) is 19.0. The van der Waals surface area contributed by atoms with Crippen LogP contribution in [0.4, 0.5) is 5.69 Å². The zero-order valence-electron chi connectivity index (χ0n) is 34.5. The molecule has 1 aromatic carbocycles. The molecule has 2 aromatic rings. The van der Waals surface area contributed by atoms with Gasteiger partial charge in [-0.05, 0) is 66.8 Å². The van der Waals surface area contributed by atoms with Crippen LogP contribution in [-0.2, 0) is 41.0 Å². The molecule has 0 radical (unpaired) electrons. The SMILES string of the molecule is CON(C)C(=O)C1=CN(CCCS(=O)[O-])C2N=C(C=CC=CC=CC=C3N(CCCCCC(=O)On4c(O)ccc4O)c4ccc(S(=O)(=O)O)cc4C3(C)C)C(C)(C)C2=C1. The number of aromatic hydroxyl groups is 2. The van der Waals surface area contributed by atoms with Crippen LogP contribution in [-0.4, -0.2) is 103 Å². The summed E-state index contributed by atoms with van der Waals surface area (Å²) >= 11 is -2.19. The zero-order valence-corrected chi connectivity index (χ0v) is 36.1. The van der Waals surface area contributed by atoms with Gasteiger partial charge in [0, 0.05) is 78.6 Å². The van der Waals surface area contributed by atoms with E-state index < -0.39 is 55.9 Å². The number of carbonyl (C=O) groups excluding carboxylic acids is 2. The second-order valence-corrected chi connectivity index (χ2v) is 17.9. The molecule has 0 saturated carbocycles. The van der Waals surface area contributed by atoms with Crippen molar-refractivity contribution in [1.29, 1.82) is 0 Å². The average molecular weight is 867 g/mol. The van der Waals surface area contributed by atoms with Crippen molar-refractivity contribution < 1.29 is 51.2 Å². The number of carbonyl (C=O) groups is 2. The average Bonchev–Trinajstić information content (AvgIpc) is 3.72. The Morgan fingerprint density at radius 2 is 1.65 bits per heavy atom. The van der Waals surface area contributed by atoms with E-state index in [9.17, 15) is 41.5 Å². The number of fused-ring (bicyclic) bond motifs is 2. The molecule has 0 spiro atoms. The molecule has 0 aliphatic carbocycles. The lowest BCUT2D eigenvalue weighted by Gasteiger charge is -2.35. The predicted molar refractivity (Wildman–Crippen MR) is 226 cm³/mol. The summed E-state index contributed by atoms with van der Waals surface area (Å²) in [6.45, 7) is 8.94. The molecule has 0 saturated heterocycles. The molecular formula is C42H52N5O11S2-. The molecule has 0 bridgehead atoms. The highest BCUT2D eigenvalue weighted by Gasteiger charge is 2.44. The highest BCUT2D eigenvalue weighted by molar-refractivity contribution is 7.85. The molecule has 3 N–H and O–H groups in total. The molecule has 1 amide bonds. The van der Waals surface area contributed by atoms with E-state index in [4.69, 9.17) is 14.7 Å². The van der Waals surface area contributed by atoms with Crippen LogP contribution in [0.5, 0.6) is 11.8 Å². The number of aliphatic imine (C=N–C) groups is 1. The van der Waals surface area contributed by atoms with Crippen molar-refractivity contribution in [3.8, 4) is 11.8 Å². The summed E-state index contributed by atoms with van der Waals surface area (Å²) in [6, 6.07) is 6.96. The maximum absolute atomic E-state index is 13.1. The van der Waals surface area contributed by atoms with Crippen LogP contribution in [0.3, 0.4) is 0 Å². The topological polar surface area (TPSA) is 215 Å². The third kappa shape index (κ3) is 10.4. The smallest absolute Gasteiger partial charge is 0.333 e. The van der Waals surface area contributed by atoms with Crippen LogP contribution >= 0.6 is 0 Å². The van der Waals surface area contributed by atoms with Gasteiger partial charge in [0.15, 0.2) is 0 Å². The van der Waals surface area contributed by atoms with Crippen molar-refractivity contribution in [2.24, 2.45) is 10.4 Å². The molecule has 60 heavy (non-hydrogen) atoms. The fraction of sp³-hybridized carbons (Fsp3) is 0.405. The van der Waals surface area contributed by atoms with Crippen molar-refractivity contribution >= 4 is 44.5 Å². The minimum atomic E-state index is -4.44. The Kier molecular flexibility index (Phi) is 14.5. The summed E-state index contributed by atoms with van der Waals surface area (Å²) < 4.78 is 57.0. The van der Waals surface area contributed by atoms with Crippen molar-refractivity contribution in [2.75, 3.05) is 37.9 Å². The Morgan fingerprint density at radius 1 is 0.967 bits per heavy atom. The Bertz CT molecular complexity index is 2300. The highest BCUT2D eigenvalue weighted by atomic mass is 32.2. The number of amides is 1. The molecule has 4 heterocycles. The van der Waals surface area contributed by atoms with Gasteiger partial charge in [-0.3, -0.25) is 23.4 Å². The molecule has 1 aromatic heterocycles. The summed E-state index contributed by atoms with van der Waals surface area (Å²) in [6.07, 6.45) is 18.6. The number of hydrogen-bond donors (Lipinski definition) is 3. The van der Waals surface area contributed by atoms with E-state index in [-0.39, 0.29) is 23.0 Å². The van der Waals surface area contributed by atoms with Crippen molar-refractivity contribution in [1.82, 2.24) is 14.7 Å². The van der Waals surface area contributed by atoms with Crippen LogP contribution in [0.2, 0.25) is 0 Å². The monoisotopic (exact) mass is 866 g/mol. The number of aromatic nitrogens is 1. The number of nitrogens with zero attached hydrogens (tertiary/aromatic N) is 5. The summed E-state index contributed by atoms with van der Waals surface area (Å²) in [7, 11) is -1.51.